The summed E-state index contributed by atoms with van der Waals surface area (Å²) in [5, 5.41) is 9.88. The van der Waals surface area contributed by atoms with Crippen molar-refractivity contribution in [3.05, 3.63) is 76.7 Å². The van der Waals surface area contributed by atoms with E-state index in [-0.39, 0.29) is 24.2 Å². The smallest absolute Gasteiger partial charge is 0.226 e. The van der Waals surface area contributed by atoms with E-state index < -0.39 is 0 Å². The number of rotatable bonds is 4. The molecule has 1 aromatic heterocycles. The lowest BCUT2D eigenvalue weighted by Crippen LogP contribution is -2.23. The maximum absolute atomic E-state index is 13.7. The number of aromatic amines is 1. The molecule has 1 atom stereocenters. The summed E-state index contributed by atoms with van der Waals surface area (Å²) in [6.07, 6.45) is 0.378. The highest BCUT2D eigenvalue weighted by Gasteiger charge is 2.30. The molecule has 0 spiro atoms. The molecule has 0 radical (unpaired) electrons. The van der Waals surface area contributed by atoms with E-state index >= 15 is 0 Å². The Kier molecular flexibility index (Phi) is 4.16. The maximum atomic E-state index is 13.7. The number of benzene rings is 2. The topological polar surface area (TPSA) is 67.0 Å². The summed E-state index contributed by atoms with van der Waals surface area (Å²) in [6, 6.07) is 14.1. The van der Waals surface area contributed by atoms with Crippen LogP contribution in [0.15, 0.2) is 48.5 Å². The van der Waals surface area contributed by atoms with Gasteiger partial charge < -0.3 is 10.1 Å². The Labute approximate surface area is 150 Å². The molecule has 0 bridgehead atoms. The van der Waals surface area contributed by atoms with Gasteiger partial charge in [-0.1, -0.05) is 30.3 Å². The number of anilines is 1. The minimum Gasteiger partial charge on any atom is -0.489 e. The number of aryl methyl sites for hydroxylation is 1. The van der Waals surface area contributed by atoms with Crippen molar-refractivity contribution in [3.8, 4) is 5.75 Å². The number of nitrogens with one attached hydrogen (secondary N) is 2. The summed E-state index contributed by atoms with van der Waals surface area (Å²) >= 11 is 0. The molecule has 0 aliphatic carbocycles. The number of halogens is 1. The second-order valence-electron chi connectivity index (χ2n) is 6.36. The largest absolute Gasteiger partial charge is 0.489 e. The lowest BCUT2D eigenvalue weighted by molar-refractivity contribution is -0.116. The van der Waals surface area contributed by atoms with E-state index in [1.165, 1.54) is 6.07 Å². The van der Waals surface area contributed by atoms with Gasteiger partial charge >= 0.3 is 0 Å². The van der Waals surface area contributed by atoms with Crippen LogP contribution in [0, 0.1) is 12.7 Å². The van der Waals surface area contributed by atoms with Gasteiger partial charge in [-0.15, -0.1) is 0 Å². The molecular formula is C20H18FN3O2. The summed E-state index contributed by atoms with van der Waals surface area (Å²) < 4.78 is 19.3. The average molecular weight is 351 g/mol. The summed E-state index contributed by atoms with van der Waals surface area (Å²) in [5.74, 6) is 0.886. The fraction of sp³-hybridized carbons (Fsp3) is 0.200. The fourth-order valence-corrected chi connectivity index (χ4v) is 3.29. The SMILES string of the molecule is Cc1[nH]nc2c1C(c1ccc(OCc3ccccc3F)cc1)CC(=O)N2. The van der Waals surface area contributed by atoms with Crippen LogP contribution >= 0.6 is 0 Å². The molecule has 2 heterocycles. The van der Waals surface area contributed by atoms with Crippen molar-refractivity contribution in [2.45, 2.75) is 25.9 Å². The Morgan fingerprint density at radius 1 is 1.19 bits per heavy atom. The van der Waals surface area contributed by atoms with Gasteiger partial charge in [-0.05, 0) is 30.7 Å². The number of aromatic nitrogens is 2. The monoisotopic (exact) mass is 351 g/mol. The number of amides is 1. The minimum absolute atomic E-state index is 0.0434. The molecule has 6 heteroatoms. The van der Waals surface area contributed by atoms with E-state index in [4.69, 9.17) is 4.74 Å². The van der Waals surface area contributed by atoms with E-state index in [9.17, 15) is 9.18 Å². The minimum atomic E-state index is -0.277. The van der Waals surface area contributed by atoms with Gasteiger partial charge in [-0.2, -0.15) is 5.10 Å². The maximum Gasteiger partial charge on any atom is 0.226 e. The van der Waals surface area contributed by atoms with E-state index in [1.54, 1.807) is 18.2 Å². The van der Waals surface area contributed by atoms with Crippen LogP contribution in [0.3, 0.4) is 0 Å². The highest BCUT2D eigenvalue weighted by atomic mass is 19.1. The highest BCUT2D eigenvalue weighted by molar-refractivity contribution is 5.94. The Bertz CT molecular complexity index is 950. The van der Waals surface area contributed by atoms with Crippen LogP contribution in [0.1, 0.15) is 34.7 Å². The second kappa shape index (κ2) is 6.63. The van der Waals surface area contributed by atoms with Crippen LogP contribution < -0.4 is 10.1 Å². The van der Waals surface area contributed by atoms with E-state index in [0.717, 1.165) is 16.8 Å². The van der Waals surface area contributed by atoms with Crippen LogP contribution in [0.25, 0.3) is 0 Å². The second-order valence-corrected chi connectivity index (χ2v) is 6.36. The van der Waals surface area contributed by atoms with Gasteiger partial charge in [0.2, 0.25) is 5.91 Å². The first-order valence-electron chi connectivity index (χ1n) is 8.42. The van der Waals surface area contributed by atoms with Gasteiger partial charge in [0.15, 0.2) is 5.82 Å². The third-order valence-corrected chi connectivity index (χ3v) is 4.62. The number of nitrogens with zero attached hydrogens (tertiary/aromatic N) is 1. The molecule has 1 aliphatic heterocycles. The van der Waals surface area contributed by atoms with E-state index in [0.29, 0.717) is 23.6 Å². The van der Waals surface area contributed by atoms with Crippen molar-refractivity contribution in [2.75, 3.05) is 5.32 Å². The lowest BCUT2D eigenvalue weighted by atomic mass is 9.86. The van der Waals surface area contributed by atoms with Crippen LogP contribution in [0.2, 0.25) is 0 Å². The summed E-state index contributed by atoms with van der Waals surface area (Å²) in [5.41, 5.74) is 3.50. The molecule has 5 nitrogen and oxygen atoms in total. The molecule has 2 N–H and O–H groups in total. The standard InChI is InChI=1S/C20H18FN3O2/c1-12-19-16(10-18(25)22-20(19)24-23-12)13-6-8-15(9-7-13)26-11-14-4-2-3-5-17(14)21/h2-9,16H,10-11H2,1H3,(H2,22,23,24,25). The number of fused-ring (bicyclic) bond motifs is 1. The molecule has 2 aromatic carbocycles. The molecule has 1 unspecified atom stereocenters. The molecule has 0 saturated heterocycles. The van der Waals surface area contributed by atoms with Crippen LogP contribution in [-0.2, 0) is 11.4 Å². The van der Waals surface area contributed by atoms with Crippen molar-refractivity contribution in [1.29, 1.82) is 0 Å². The van der Waals surface area contributed by atoms with Gasteiger partial charge in [-0.3, -0.25) is 9.89 Å². The first kappa shape index (κ1) is 16.3. The van der Waals surface area contributed by atoms with Crippen molar-refractivity contribution in [3.63, 3.8) is 0 Å². The van der Waals surface area contributed by atoms with Gasteiger partial charge in [0, 0.05) is 29.2 Å². The molecule has 1 amide bonds. The number of carbonyl (C=O) groups is 1. The summed E-state index contributed by atoms with van der Waals surface area (Å²) in [6.45, 7) is 2.12. The van der Waals surface area contributed by atoms with Crippen LogP contribution in [0.4, 0.5) is 10.2 Å². The molecule has 132 valence electrons. The Morgan fingerprint density at radius 2 is 1.96 bits per heavy atom. The molecule has 3 aromatic rings. The molecular weight excluding hydrogens is 333 g/mol. The Hall–Kier alpha value is -3.15. The predicted molar refractivity (Wildman–Crippen MR) is 95.6 cm³/mol. The average Bonchev–Trinajstić information content (AvgIpc) is 3.01. The third kappa shape index (κ3) is 3.06. The van der Waals surface area contributed by atoms with E-state index in [1.807, 2.05) is 31.2 Å². The number of hydrogen-bond acceptors (Lipinski definition) is 3. The van der Waals surface area contributed by atoms with Crippen molar-refractivity contribution >= 4 is 11.7 Å². The summed E-state index contributed by atoms with van der Waals surface area (Å²) in [4.78, 5) is 12.0. The first-order valence-corrected chi connectivity index (χ1v) is 8.42. The number of H-pyrrole nitrogens is 1. The van der Waals surface area contributed by atoms with Crippen molar-refractivity contribution in [1.82, 2.24) is 10.2 Å². The van der Waals surface area contributed by atoms with Crippen LogP contribution in [-0.4, -0.2) is 16.1 Å². The van der Waals surface area contributed by atoms with Crippen LogP contribution in [0.5, 0.6) is 5.75 Å². The predicted octanol–water partition coefficient (Wildman–Crippen LogP) is 3.91. The van der Waals surface area contributed by atoms with Gasteiger partial charge in [0.25, 0.3) is 0 Å². The van der Waals surface area contributed by atoms with Crippen molar-refractivity contribution < 1.29 is 13.9 Å². The van der Waals surface area contributed by atoms with E-state index in [2.05, 4.69) is 15.5 Å². The zero-order valence-corrected chi connectivity index (χ0v) is 14.3. The normalized spacial score (nSPS) is 16.1. The summed E-state index contributed by atoms with van der Waals surface area (Å²) in [7, 11) is 0. The third-order valence-electron chi connectivity index (χ3n) is 4.62. The lowest BCUT2D eigenvalue weighted by Gasteiger charge is -2.23. The first-order chi connectivity index (χ1) is 12.6. The number of carbonyl (C=O) groups excluding carboxylic acids is 1. The van der Waals surface area contributed by atoms with Gasteiger partial charge in [0.1, 0.15) is 18.2 Å². The molecule has 0 saturated carbocycles. The Balaban J connectivity index is 1.52. The molecule has 4 rings (SSSR count). The Morgan fingerprint density at radius 3 is 2.73 bits per heavy atom. The molecule has 26 heavy (non-hydrogen) atoms. The highest BCUT2D eigenvalue weighted by Crippen LogP contribution is 2.38. The fourth-order valence-electron chi connectivity index (χ4n) is 3.29. The zero-order chi connectivity index (χ0) is 18.1. The molecule has 1 aliphatic rings. The van der Waals surface area contributed by atoms with Crippen molar-refractivity contribution in [2.24, 2.45) is 0 Å². The quantitative estimate of drug-likeness (QED) is 0.749. The van der Waals surface area contributed by atoms with Gasteiger partial charge in [0.05, 0.1) is 0 Å². The molecule has 0 fully saturated rings. The number of ether oxygens (including phenoxy) is 1. The number of hydrogen-bond donors (Lipinski definition) is 2. The van der Waals surface area contributed by atoms with Gasteiger partial charge in [-0.25, -0.2) is 4.39 Å². The zero-order valence-electron chi connectivity index (χ0n) is 14.3.